The van der Waals surface area contributed by atoms with Gasteiger partial charge in [-0.25, -0.2) is 4.79 Å². The summed E-state index contributed by atoms with van der Waals surface area (Å²) in [7, 11) is 0. The van der Waals surface area contributed by atoms with E-state index >= 15 is 0 Å². The topological polar surface area (TPSA) is 66.8 Å². The Bertz CT molecular complexity index is 430. The number of hydrogen-bond donors (Lipinski definition) is 2. The van der Waals surface area contributed by atoms with E-state index < -0.39 is 6.10 Å². The molecule has 2 fully saturated rings. The molecule has 0 aromatic heterocycles. The van der Waals surface area contributed by atoms with E-state index in [2.05, 4.69) is 13.8 Å². The first kappa shape index (κ1) is 13.1. The molecule has 0 amide bonds. The number of allylic oxidation sites excluding steroid dienone is 1. The van der Waals surface area contributed by atoms with Gasteiger partial charge in [-0.1, -0.05) is 19.9 Å². The third kappa shape index (κ3) is 1.93. The van der Waals surface area contributed by atoms with Crippen LogP contribution < -0.4 is 0 Å². The van der Waals surface area contributed by atoms with Crippen LogP contribution in [0, 0.1) is 29.1 Å². The van der Waals surface area contributed by atoms with Crippen LogP contribution in [-0.4, -0.2) is 35.5 Å². The van der Waals surface area contributed by atoms with Crippen LogP contribution in [0.2, 0.25) is 0 Å². The summed E-state index contributed by atoms with van der Waals surface area (Å²) in [4.78, 5) is 11.7. The minimum atomic E-state index is -0.527. The Kier molecular flexibility index (Phi) is 2.98. The first-order valence-electron chi connectivity index (χ1n) is 7.13. The molecule has 106 valence electrons. The van der Waals surface area contributed by atoms with Crippen molar-refractivity contribution in [1.82, 2.24) is 0 Å². The maximum atomic E-state index is 11.7. The van der Waals surface area contributed by atoms with E-state index in [9.17, 15) is 15.0 Å². The van der Waals surface area contributed by atoms with Crippen LogP contribution in [0.25, 0.3) is 0 Å². The van der Waals surface area contributed by atoms with Gasteiger partial charge in [0.1, 0.15) is 6.61 Å². The third-order valence-electron chi connectivity index (χ3n) is 5.39. The molecule has 0 spiro atoms. The Hall–Kier alpha value is -0.870. The first-order chi connectivity index (χ1) is 8.95. The fourth-order valence-corrected chi connectivity index (χ4v) is 4.27. The molecule has 0 radical (unpaired) electrons. The van der Waals surface area contributed by atoms with Gasteiger partial charge in [0, 0.05) is 12.2 Å². The molecule has 3 aliphatic rings. The van der Waals surface area contributed by atoms with Crippen LogP contribution in [0.1, 0.15) is 26.7 Å². The summed E-state index contributed by atoms with van der Waals surface area (Å²) < 4.78 is 5.08. The van der Waals surface area contributed by atoms with Gasteiger partial charge in [0.05, 0.1) is 12.0 Å². The summed E-state index contributed by atoms with van der Waals surface area (Å²) in [6.45, 7) is 4.66. The number of fused-ring (bicyclic) bond motifs is 2. The largest absolute Gasteiger partial charge is 0.462 e. The minimum absolute atomic E-state index is 0.0978. The van der Waals surface area contributed by atoms with Crippen LogP contribution >= 0.6 is 0 Å². The van der Waals surface area contributed by atoms with Gasteiger partial charge in [0.25, 0.3) is 0 Å². The fraction of sp³-hybridized carbons (Fsp3) is 0.800. The van der Waals surface area contributed by atoms with Crippen molar-refractivity contribution in [1.29, 1.82) is 0 Å². The molecule has 0 aromatic carbocycles. The van der Waals surface area contributed by atoms with Crippen molar-refractivity contribution < 1.29 is 19.7 Å². The van der Waals surface area contributed by atoms with E-state index in [0.29, 0.717) is 18.1 Å². The third-order valence-corrected chi connectivity index (χ3v) is 5.39. The summed E-state index contributed by atoms with van der Waals surface area (Å²) >= 11 is 0. The van der Waals surface area contributed by atoms with Crippen LogP contribution in [0.5, 0.6) is 0 Å². The molecule has 3 rings (SSSR count). The molecule has 1 aliphatic heterocycles. The minimum Gasteiger partial charge on any atom is -0.462 e. The zero-order valence-corrected chi connectivity index (χ0v) is 11.5. The van der Waals surface area contributed by atoms with E-state index in [0.717, 1.165) is 12.8 Å². The van der Waals surface area contributed by atoms with Gasteiger partial charge in [0.2, 0.25) is 0 Å². The Morgan fingerprint density at radius 2 is 2.11 bits per heavy atom. The highest BCUT2D eigenvalue weighted by Gasteiger charge is 2.52. The highest BCUT2D eigenvalue weighted by Crippen LogP contribution is 2.53. The second kappa shape index (κ2) is 4.32. The zero-order valence-electron chi connectivity index (χ0n) is 11.5. The summed E-state index contributed by atoms with van der Waals surface area (Å²) in [6.07, 6.45) is 3.21. The molecule has 6 atom stereocenters. The molecular weight excluding hydrogens is 244 g/mol. The number of hydrogen-bond acceptors (Lipinski definition) is 4. The fourth-order valence-electron chi connectivity index (χ4n) is 4.27. The van der Waals surface area contributed by atoms with Gasteiger partial charge in [0.15, 0.2) is 0 Å². The molecule has 0 aromatic rings. The molecule has 4 heteroatoms. The predicted octanol–water partition coefficient (Wildman–Crippen LogP) is 1.12. The summed E-state index contributed by atoms with van der Waals surface area (Å²) in [6, 6.07) is 0. The lowest BCUT2D eigenvalue weighted by molar-refractivity contribution is -0.135. The number of cyclic esters (lactones) is 1. The molecule has 2 N–H and O–H groups in total. The van der Waals surface area contributed by atoms with Gasteiger partial charge in [-0.15, -0.1) is 0 Å². The number of carbonyl (C=O) groups is 1. The van der Waals surface area contributed by atoms with Gasteiger partial charge in [-0.2, -0.15) is 0 Å². The highest BCUT2D eigenvalue weighted by molar-refractivity contribution is 5.91. The number of carbonyl (C=O) groups excluding carboxylic acids is 1. The Balaban J connectivity index is 1.95. The number of rotatable bonds is 1. The van der Waals surface area contributed by atoms with Crippen LogP contribution in [0.4, 0.5) is 0 Å². The number of esters is 1. The standard InChI is InChI=1S/C15H22O4/c1-8-3-9-12(6-19-14(9)18)13(17)11-5-15(2,7-16)4-10(8)11/h3,8,10-13,16-17H,4-7H2,1-2H3/t8-,10+,11+,12-,13-,15-/m0/s1. The molecule has 0 unspecified atom stereocenters. The van der Waals surface area contributed by atoms with Crippen molar-refractivity contribution in [3.05, 3.63) is 11.6 Å². The maximum Gasteiger partial charge on any atom is 0.334 e. The average molecular weight is 266 g/mol. The molecule has 19 heavy (non-hydrogen) atoms. The van der Waals surface area contributed by atoms with E-state index in [-0.39, 0.29) is 35.7 Å². The van der Waals surface area contributed by atoms with Crippen molar-refractivity contribution in [2.45, 2.75) is 32.8 Å². The van der Waals surface area contributed by atoms with E-state index in [1.807, 2.05) is 6.08 Å². The van der Waals surface area contributed by atoms with Crippen LogP contribution in [0.15, 0.2) is 11.6 Å². The smallest absolute Gasteiger partial charge is 0.334 e. The van der Waals surface area contributed by atoms with E-state index in [1.165, 1.54) is 0 Å². The van der Waals surface area contributed by atoms with Crippen molar-refractivity contribution in [3.63, 3.8) is 0 Å². The van der Waals surface area contributed by atoms with E-state index in [1.54, 1.807) is 0 Å². The quantitative estimate of drug-likeness (QED) is 0.698. The number of aliphatic hydroxyl groups excluding tert-OH is 2. The molecule has 1 saturated carbocycles. The predicted molar refractivity (Wildman–Crippen MR) is 69.1 cm³/mol. The average Bonchev–Trinajstić information content (AvgIpc) is 2.89. The highest BCUT2D eigenvalue weighted by atomic mass is 16.5. The van der Waals surface area contributed by atoms with Crippen molar-refractivity contribution >= 4 is 5.97 Å². The Morgan fingerprint density at radius 1 is 1.42 bits per heavy atom. The first-order valence-corrected chi connectivity index (χ1v) is 7.13. The molecule has 2 aliphatic carbocycles. The van der Waals surface area contributed by atoms with Gasteiger partial charge >= 0.3 is 5.97 Å². The lowest BCUT2D eigenvalue weighted by Crippen LogP contribution is -2.32. The monoisotopic (exact) mass is 266 g/mol. The molecule has 1 saturated heterocycles. The normalized spacial score (nSPS) is 49.2. The van der Waals surface area contributed by atoms with Crippen LogP contribution in [0.3, 0.4) is 0 Å². The summed E-state index contributed by atoms with van der Waals surface area (Å²) in [5, 5.41) is 20.2. The number of ether oxygens (including phenoxy) is 1. The zero-order chi connectivity index (χ0) is 13.8. The molecule has 1 heterocycles. The van der Waals surface area contributed by atoms with Crippen molar-refractivity contribution in [2.24, 2.45) is 29.1 Å². The Morgan fingerprint density at radius 3 is 2.79 bits per heavy atom. The lowest BCUT2D eigenvalue weighted by Gasteiger charge is -2.27. The van der Waals surface area contributed by atoms with Gasteiger partial charge in [-0.05, 0) is 36.0 Å². The SMILES string of the molecule is C[C@H]1C=C2C(=O)OC[C@@H]2[C@@H](O)[C@@H]2C[C@@](C)(CO)C[C@@H]21. The van der Waals surface area contributed by atoms with Crippen molar-refractivity contribution in [2.75, 3.05) is 13.2 Å². The van der Waals surface area contributed by atoms with Gasteiger partial charge < -0.3 is 14.9 Å². The van der Waals surface area contributed by atoms with E-state index in [4.69, 9.17) is 4.74 Å². The van der Waals surface area contributed by atoms with Gasteiger partial charge in [-0.3, -0.25) is 0 Å². The second-order valence-electron chi connectivity index (χ2n) is 6.88. The molecular formula is C15H22O4. The second-order valence-corrected chi connectivity index (χ2v) is 6.88. The summed E-state index contributed by atoms with van der Waals surface area (Å²) in [5.74, 6) is 0.309. The molecule has 0 bridgehead atoms. The number of aliphatic hydroxyl groups is 2. The van der Waals surface area contributed by atoms with Crippen LogP contribution in [-0.2, 0) is 9.53 Å². The maximum absolute atomic E-state index is 11.7. The lowest BCUT2D eigenvalue weighted by atomic mass is 9.81. The van der Waals surface area contributed by atoms with Crippen molar-refractivity contribution in [3.8, 4) is 0 Å². The Labute approximate surface area is 113 Å². The summed E-state index contributed by atoms with van der Waals surface area (Å²) in [5.41, 5.74) is 0.569. The molecule has 4 nitrogen and oxygen atoms in total.